The molecule has 5 aliphatic rings. The Labute approximate surface area is 152 Å². The predicted octanol–water partition coefficient (Wildman–Crippen LogP) is 2.76. The zero-order chi connectivity index (χ0) is 15.9. The van der Waals surface area contributed by atoms with Crippen molar-refractivity contribution in [3.05, 3.63) is 0 Å². The Kier molecular flexibility index (Phi) is 5.48. The van der Waals surface area contributed by atoms with Crippen LogP contribution >= 0.6 is 12.4 Å². The van der Waals surface area contributed by atoms with E-state index in [9.17, 15) is 4.79 Å². The number of nitrogens with one attached hydrogen (secondary N) is 2. The van der Waals surface area contributed by atoms with Crippen molar-refractivity contribution in [2.24, 2.45) is 28.6 Å². The van der Waals surface area contributed by atoms with Gasteiger partial charge in [-0.3, -0.25) is 4.79 Å². The molecule has 0 spiro atoms. The maximum absolute atomic E-state index is 13.1. The standard InChI is InChI=1S/C19H32N2O2.ClH/c1-23-13-18(2-4-20-5-3-18)12-21-17(22)19-9-14-6-15(10-19)8-16(7-14)11-19;/h14-16,20H,2-13H2,1H3,(H,21,22);1H. The summed E-state index contributed by atoms with van der Waals surface area (Å²) in [4.78, 5) is 13.1. The van der Waals surface area contributed by atoms with Crippen molar-refractivity contribution in [3.63, 3.8) is 0 Å². The van der Waals surface area contributed by atoms with E-state index in [0.29, 0.717) is 5.91 Å². The molecular formula is C19H33ClN2O2. The molecule has 4 saturated carbocycles. The van der Waals surface area contributed by atoms with Gasteiger partial charge in [0.05, 0.1) is 6.61 Å². The summed E-state index contributed by atoms with van der Waals surface area (Å²) in [6.45, 7) is 3.63. The fraction of sp³-hybridized carbons (Fsp3) is 0.947. The largest absolute Gasteiger partial charge is 0.384 e. The summed E-state index contributed by atoms with van der Waals surface area (Å²) in [7, 11) is 1.78. The first-order valence-corrected chi connectivity index (χ1v) is 9.61. The third kappa shape index (κ3) is 3.34. The maximum atomic E-state index is 13.1. The second-order valence-corrected chi connectivity index (χ2v) is 9.06. The number of piperidine rings is 1. The molecule has 24 heavy (non-hydrogen) atoms. The first-order chi connectivity index (χ1) is 11.1. The van der Waals surface area contributed by atoms with Gasteiger partial charge in [-0.15, -0.1) is 12.4 Å². The first kappa shape index (κ1) is 18.5. The third-order valence-corrected chi connectivity index (χ3v) is 7.26. The quantitative estimate of drug-likeness (QED) is 0.796. The molecule has 4 aliphatic carbocycles. The van der Waals surface area contributed by atoms with Crippen LogP contribution in [0.5, 0.6) is 0 Å². The zero-order valence-electron chi connectivity index (χ0n) is 14.9. The molecular weight excluding hydrogens is 324 g/mol. The normalized spacial score (nSPS) is 39.3. The van der Waals surface area contributed by atoms with Crippen LogP contribution in [0.4, 0.5) is 0 Å². The number of methoxy groups -OCH3 is 1. The summed E-state index contributed by atoms with van der Waals surface area (Å²) in [5, 5.41) is 6.81. The molecule has 1 saturated heterocycles. The number of halogens is 1. The van der Waals surface area contributed by atoms with E-state index in [2.05, 4.69) is 10.6 Å². The Bertz CT molecular complexity index is 421. The van der Waals surface area contributed by atoms with Gasteiger partial charge in [0.15, 0.2) is 0 Å². The first-order valence-electron chi connectivity index (χ1n) is 9.61. The fourth-order valence-corrected chi connectivity index (χ4v) is 6.48. The van der Waals surface area contributed by atoms with Crippen LogP contribution in [0.25, 0.3) is 0 Å². The maximum Gasteiger partial charge on any atom is 0.226 e. The van der Waals surface area contributed by atoms with Gasteiger partial charge in [0.2, 0.25) is 5.91 Å². The molecule has 5 rings (SSSR count). The smallest absolute Gasteiger partial charge is 0.226 e. The van der Waals surface area contributed by atoms with E-state index in [1.54, 1.807) is 7.11 Å². The minimum atomic E-state index is -0.0179. The lowest BCUT2D eigenvalue weighted by Gasteiger charge is -2.55. The zero-order valence-corrected chi connectivity index (χ0v) is 15.8. The van der Waals surface area contributed by atoms with Crippen molar-refractivity contribution in [1.82, 2.24) is 10.6 Å². The van der Waals surface area contributed by atoms with Crippen LogP contribution in [0.3, 0.4) is 0 Å². The minimum Gasteiger partial charge on any atom is -0.384 e. The van der Waals surface area contributed by atoms with Crippen LogP contribution in [0.1, 0.15) is 51.4 Å². The average molecular weight is 357 g/mol. The van der Waals surface area contributed by atoms with Crippen molar-refractivity contribution < 1.29 is 9.53 Å². The van der Waals surface area contributed by atoms with Gasteiger partial charge < -0.3 is 15.4 Å². The van der Waals surface area contributed by atoms with Crippen LogP contribution < -0.4 is 10.6 Å². The van der Waals surface area contributed by atoms with Crippen LogP contribution in [0.2, 0.25) is 0 Å². The molecule has 0 aromatic rings. The van der Waals surface area contributed by atoms with E-state index < -0.39 is 0 Å². The summed E-state index contributed by atoms with van der Waals surface area (Å²) in [6.07, 6.45) is 9.85. The highest BCUT2D eigenvalue weighted by Crippen LogP contribution is 2.60. The van der Waals surface area contributed by atoms with Crippen LogP contribution in [-0.2, 0) is 9.53 Å². The molecule has 4 nitrogen and oxygen atoms in total. The Hall–Kier alpha value is -0.320. The Balaban J connectivity index is 0.00000169. The van der Waals surface area contributed by atoms with Gasteiger partial charge in [0, 0.05) is 24.5 Å². The summed E-state index contributed by atoms with van der Waals surface area (Å²) in [6, 6.07) is 0. The average Bonchev–Trinajstić information content (AvgIpc) is 2.52. The Morgan fingerprint density at radius 1 is 1.08 bits per heavy atom. The van der Waals surface area contributed by atoms with Gasteiger partial charge in [-0.1, -0.05) is 0 Å². The van der Waals surface area contributed by atoms with Crippen molar-refractivity contribution in [1.29, 1.82) is 0 Å². The summed E-state index contributed by atoms with van der Waals surface area (Å²) < 4.78 is 5.49. The van der Waals surface area contributed by atoms with Crippen molar-refractivity contribution in [2.45, 2.75) is 51.4 Å². The van der Waals surface area contributed by atoms with E-state index in [4.69, 9.17) is 4.74 Å². The van der Waals surface area contributed by atoms with Gasteiger partial charge in [-0.05, 0) is 82.2 Å². The number of hydrogen-bond acceptors (Lipinski definition) is 3. The van der Waals surface area contributed by atoms with E-state index in [1.165, 1.54) is 19.3 Å². The molecule has 0 aromatic carbocycles. The molecule has 1 heterocycles. The molecule has 5 heteroatoms. The van der Waals surface area contributed by atoms with Gasteiger partial charge in [0.1, 0.15) is 0 Å². The molecule has 0 atom stereocenters. The van der Waals surface area contributed by atoms with E-state index in [1.807, 2.05) is 0 Å². The lowest BCUT2D eigenvalue weighted by molar-refractivity contribution is -0.147. The summed E-state index contributed by atoms with van der Waals surface area (Å²) >= 11 is 0. The van der Waals surface area contributed by atoms with Gasteiger partial charge in [0.25, 0.3) is 0 Å². The number of carbonyl (C=O) groups is 1. The second-order valence-electron chi connectivity index (χ2n) is 9.06. The fourth-order valence-electron chi connectivity index (χ4n) is 6.48. The van der Waals surface area contributed by atoms with Crippen molar-refractivity contribution >= 4 is 18.3 Å². The highest BCUT2D eigenvalue weighted by molar-refractivity contribution is 5.85. The SMILES string of the molecule is COCC1(CNC(=O)C23CC4CC(CC(C4)C2)C3)CCNCC1.Cl. The number of hydrogen-bond donors (Lipinski definition) is 2. The molecule has 0 radical (unpaired) electrons. The topological polar surface area (TPSA) is 50.4 Å². The highest BCUT2D eigenvalue weighted by Gasteiger charge is 2.54. The van der Waals surface area contributed by atoms with Crippen LogP contribution in [0.15, 0.2) is 0 Å². The van der Waals surface area contributed by atoms with Gasteiger partial charge in [-0.2, -0.15) is 0 Å². The van der Waals surface area contributed by atoms with E-state index in [0.717, 1.165) is 76.1 Å². The third-order valence-electron chi connectivity index (χ3n) is 7.26. The summed E-state index contributed by atoms with van der Waals surface area (Å²) in [5.74, 6) is 2.86. The van der Waals surface area contributed by atoms with Gasteiger partial charge >= 0.3 is 0 Å². The lowest BCUT2D eigenvalue weighted by Crippen LogP contribution is -2.56. The molecule has 138 valence electrons. The molecule has 0 aromatic heterocycles. The second kappa shape index (κ2) is 7.13. The van der Waals surface area contributed by atoms with Crippen molar-refractivity contribution in [3.8, 4) is 0 Å². The summed E-state index contributed by atoms with van der Waals surface area (Å²) in [5.41, 5.74) is 0.119. The molecule has 5 fully saturated rings. The molecule has 4 bridgehead atoms. The number of ether oxygens (including phenoxy) is 1. The molecule has 2 N–H and O–H groups in total. The van der Waals surface area contributed by atoms with Crippen LogP contribution in [-0.4, -0.2) is 39.3 Å². The number of carbonyl (C=O) groups excluding carboxylic acids is 1. The lowest BCUT2D eigenvalue weighted by atomic mass is 9.49. The van der Waals surface area contributed by atoms with Gasteiger partial charge in [-0.25, -0.2) is 0 Å². The predicted molar refractivity (Wildman–Crippen MR) is 97.3 cm³/mol. The molecule has 1 aliphatic heterocycles. The Morgan fingerprint density at radius 3 is 2.12 bits per heavy atom. The highest BCUT2D eigenvalue weighted by atomic mass is 35.5. The van der Waals surface area contributed by atoms with Crippen LogP contribution in [0, 0.1) is 28.6 Å². The molecule has 0 unspecified atom stereocenters. The monoisotopic (exact) mass is 356 g/mol. The molecule has 1 amide bonds. The van der Waals surface area contributed by atoms with Crippen molar-refractivity contribution in [2.75, 3.05) is 33.4 Å². The van der Waals surface area contributed by atoms with E-state index >= 15 is 0 Å². The Morgan fingerprint density at radius 2 is 1.62 bits per heavy atom. The van der Waals surface area contributed by atoms with E-state index in [-0.39, 0.29) is 23.2 Å². The minimum absolute atomic E-state index is 0. The number of amides is 1. The number of rotatable bonds is 5.